The third-order valence-electron chi connectivity index (χ3n) is 4.14. The van der Waals surface area contributed by atoms with E-state index in [-0.39, 0.29) is 30.8 Å². The van der Waals surface area contributed by atoms with Gasteiger partial charge in [0.1, 0.15) is 23.4 Å². The largest absolute Gasteiger partial charge is 0.394 e. The molecule has 28 heavy (non-hydrogen) atoms. The van der Waals surface area contributed by atoms with E-state index in [1.807, 2.05) is 0 Å². The van der Waals surface area contributed by atoms with Gasteiger partial charge in [-0.3, -0.25) is 4.57 Å². The predicted molar refractivity (Wildman–Crippen MR) is 103 cm³/mol. The first-order valence-corrected chi connectivity index (χ1v) is 8.95. The third kappa shape index (κ3) is 4.31. The molecular formula is C17H20N6O4S. The third-order valence-corrected chi connectivity index (χ3v) is 4.43. The highest BCUT2D eigenvalue weighted by Gasteiger charge is 2.37. The fourth-order valence-electron chi connectivity index (χ4n) is 2.82. The van der Waals surface area contributed by atoms with Gasteiger partial charge in [0.05, 0.1) is 32.1 Å². The Kier molecular flexibility index (Phi) is 6.59. The number of imidazole rings is 1. The Balaban J connectivity index is 1.87. The molecule has 1 saturated heterocycles. The van der Waals surface area contributed by atoms with Crippen LogP contribution in [0.2, 0.25) is 0 Å². The van der Waals surface area contributed by atoms with Crippen LogP contribution in [0.25, 0.3) is 11.2 Å². The van der Waals surface area contributed by atoms with Gasteiger partial charge < -0.3 is 36.1 Å². The average molecular weight is 404 g/mol. The highest BCUT2D eigenvalue weighted by Crippen LogP contribution is 2.30. The lowest BCUT2D eigenvalue weighted by atomic mass is 10.0. The minimum atomic E-state index is -0.992. The van der Waals surface area contributed by atoms with Gasteiger partial charge in [-0.2, -0.15) is 0 Å². The summed E-state index contributed by atoms with van der Waals surface area (Å²) in [7, 11) is 0. The van der Waals surface area contributed by atoms with Crippen LogP contribution in [0.15, 0.2) is 6.33 Å². The fraction of sp³-hybridized carbons (Fsp3) is 0.471. The summed E-state index contributed by atoms with van der Waals surface area (Å²) >= 11 is 5.28. The van der Waals surface area contributed by atoms with E-state index in [4.69, 9.17) is 22.7 Å². The minimum Gasteiger partial charge on any atom is -0.394 e. The lowest BCUT2D eigenvalue weighted by molar-refractivity contribution is -0.205. The van der Waals surface area contributed by atoms with Crippen molar-refractivity contribution in [2.45, 2.75) is 31.0 Å². The van der Waals surface area contributed by atoms with Crippen LogP contribution in [0, 0.1) is 28.3 Å². The molecule has 0 radical (unpaired) electrons. The van der Waals surface area contributed by atoms with Crippen LogP contribution >= 0.6 is 12.2 Å². The van der Waals surface area contributed by atoms with E-state index in [0.29, 0.717) is 17.1 Å². The molecule has 3 rings (SSSR count). The zero-order chi connectivity index (χ0) is 20.1. The lowest BCUT2D eigenvalue weighted by Crippen LogP contribution is -2.46. The van der Waals surface area contributed by atoms with E-state index in [0.717, 1.165) is 0 Å². The Bertz CT molecular complexity index is 1010. The maximum absolute atomic E-state index is 10.3. The van der Waals surface area contributed by atoms with Gasteiger partial charge in [0, 0.05) is 6.42 Å². The standard InChI is InChI=1S/C17H20N6O4S/c18-5-3-1-2-4-6-19-17-21-14-13(15(28)22-17)20-9-23(14)16-11(26)7-10(25)12(8-24)27-16/h9-12,16,24-26H,5-8,18H2,(H2,19,21,22,28)/t10-,11+,12-,16-/m1/s1. The summed E-state index contributed by atoms with van der Waals surface area (Å²) in [6.45, 7) is 0.159. The molecule has 0 aromatic carbocycles. The molecule has 10 nitrogen and oxygen atoms in total. The normalized spacial score (nSPS) is 24.1. The van der Waals surface area contributed by atoms with E-state index in [1.54, 1.807) is 4.57 Å². The van der Waals surface area contributed by atoms with E-state index >= 15 is 0 Å². The smallest absolute Gasteiger partial charge is 0.203 e. The topological polar surface area (TPSA) is 154 Å². The van der Waals surface area contributed by atoms with Crippen molar-refractivity contribution in [2.75, 3.05) is 25.0 Å². The molecule has 1 fully saturated rings. The molecular weight excluding hydrogens is 384 g/mol. The Morgan fingerprint density at radius 3 is 2.89 bits per heavy atom. The molecule has 2 aromatic heterocycles. The second-order valence-corrected chi connectivity index (χ2v) is 6.41. The minimum absolute atomic E-state index is 0.0614. The van der Waals surface area contributed by atoms with E-state index in [1.165, 1.54) is 6.33 Å². The van der Waals surface area contributed by atoms with E-state index < -0.39 is 24.5 Å². The van der Waals surface area contributed by atoms with Crippen LogP contribution in [0.4, 0.5) is 5.95 Å². The summed E-state index contributed by atoms with van der Waals surface area (Å²) in [5.41, 5.74) is 6.17. The predicted octanol–water partition coefficient (Wildman–Crippen LogP) is -1.13. The van der Waals surface area contributed by atoms with Crippen molar-refractivity contribution in [1.82, 2.24) is 19.5 Å². The van der Waals surface area contributed by atoms with Crippen molar-refractivity contribution in [3.05, 3.63) is 11.0 Å². The van der Waals surface area contributed by atoms with Crippen molar-refractivity contribution in [1.29, 1.82) is 0 Å². The number of nitrogens with zero attached hydrogens (tertiary/aromatic N) is 3. The number of nitrogens with one attached hydrogen (secondary N) is 2. The number of hydrogen-bond acceptors (Lipinski definition) is 9. The Labute approximate surface area is 165 Å². The van der Waals surface area contributed by atoms with Crippen LogP contribution in [-0.4, -0.2) is 72.8 Å². The van der Waals surface area contributed by atoms with Gasteiger partial charge in [0.2, 0.25) is 5.95 Å². The van der Waals surface area contributed by atoms with Crippen LogP contribution in [0.5, 0.6) is 0 Å². The maximum Gasteiger partial charge on any atom is 0.203 e. The molecule has 0 unspecified atom stereocenters. The molecule has 0 amide bonds. The summed E-state index contributed by atoms with van der Waals surface area (Å²) < 4.78 is 7.48. The van der Waals surface area contributed by atoms with Gasteiger partial charge in [0.25, 0.3) is 0 Å². The van der Waals surface area contributed by atoms with Crippen LogP contribution in [0.1, 0.15) is 12.6 Å². The molecule has 0 aliphatic carbocycles. The van der Waals surface area contributed by atoms with Gasteiger partial charge in [-0.15, -0.1) is 0 Å². The summed E-state index contributed by atoms with van der Waals surface area (Å²) in [6, 6.07) is 0. The van der Waals surface area contributed by atoms with Crippen molar-refractivity contribution < 1.29 is 20.1 Å². The van der Waals surface area contributed by atoms with E-state index in [9.17, 15) is 15.3 Å². The van der Waals surface area contributed by atoms with Crippen molar-refractivity contribution >= 4 is 29.3 Å². The number of aliphatic hydroxyl groups excluding tert-OH is 3. The number of nitrogens with two attached hydrogens (primary N) is 1. The monoisotopic (exact) mass is 404 g/mol. The molecule has 1 aliphatic heterocycles. The number of aromatic amines is 1. The number of hydrogen-bond donors (Lipinski definition) is 6. The Morgan fingerprint density at radius 1 is 1.36 bits per heavy atom. The fourth-order valence-corrected chi connectivity index (χ4v) is 3.06. The molecule has 0 spiro atoms. The summed E-state index contributed by atoms with van der Waals surface area (Å²) in [5, 5.41) is 32.6. The quantitative estimate of drug-likeness (QED) is 0.274. The summed E-state index contributed by atoms with van der Waals surface area (Å²) in [5.74, 6) is 11.1. The molecule has 4 atom stereocenters. The van der Waals surface area contributed by atoms with Gasteiger partial charge in [-0.05, 0) is 11.8 Å². The van der Waals surface area contributed by atoms with Crippen molar-refractivity contribution in [3.63, 3.8) is 0 Å². The Hall–Kier alpha value is -2.51. The van der Waals surface area contributed by atoms with Gasteiger partial charge >= 0.3 is 0 Å². The molecule has 0 saturated carbocycles. The van der Waals surface area contributed by atoms with Gasteiger partial charge in [-0.25, -0.2) is 9.97 Å². The van der Waals surface area contributed by atoms with Crippen molar-refractivity contribution in [2.24, 2.45) is 5.73 Å². The first-order valence-electron chi connectivity index (χ1n) is 8.54. The number of rotatable bonds is 4. The number of fused-ring (bicyclic) bond motifs is 1. The van der Waals surface area contributed by atoms with E-state index in [2.05, 4.69) is 44.0 Å². The van der Waals surface area contributed by atoms with Gasteiger partial charge in [0.15, 0.2) is 10.9 Å². The van der Waals surface area contributed by atoms with Crippen molar-refractivity contribution in [3.8, 4) is 23.7 Å². The molecule has 3 heterocycles. The number of aromatic nitrogens is 4. The molecule has 11 heteroatoms. The summed E-state index contributed by atoms with van der Waals surface area (Å²) in [4.78, 5) is 11.5. The van der Waals surface area contributed by atoms with Gasteiger partial charge in [-0.1, -0.05) is 24.1 Å². The zero-order valence-corrected chi connectivity index (χ0v) is 15.6. The second kappa shape index (κ2) is 9.12. The number of anilines is 1. The second-order valence-electron chi connectivity index (χ2n) is 6.02. The zero-order valence-electron chi connectivity index (χ0n) is 14.8. The number of aliphatic hydroxyl groups is 3. The van der Waals surface area contributed by atoms with Crippen LogP contribution < -0.4 is 11.1 Å². The first-order chi connectivity index (χ1) is 13.5. The molecule has 2 aromatic rings. The molecule has 1 aliphatic rings. The lowest BCUT2D eigenvalue weighted by Gasteiger charge is -2.37. The van der Waals surface area contributed by atoms with Crippen LogP contribution in [0.3, 0.4) is 0 Å². The molecule has 7 N–H and O–H groups in total. The number of H-pyrrole nitrogens is 1. The maximum atomic E-state index is 10.3. The van der Waals surface area contributed by atoms with Crippen LogP contribution in [-0.2, 0) is 4.74 Å². The Morgan fingerprint density at radius 2 is 2.14 bits per heavy atom. The first kappa shape index (κ1) is 20.2. The molecule has 148 valence electrons. The highest BCUT2D eigenvalue weighted by atomic mass is 32.1. The summed E-state index contributed by atoms with van der Waals surface area (Å²) in [6.07, 6.45) is -2.08. The number of ether oxygens (including phenoxy) is 1. The average Bonchev–Trinajstić information content (AvgIpc) is 3.09. The highest BCUT2D eigenvalue weighted by molar-refractivity contribution is 7.71. The SMILES string of the molecule is NCC#CC#CCNc1nc(=S)c2ncn([C@@H]3O[C@H](CO)[C@H](O)C[C@@H]3O)c2[nH]1. The molecule has 0 bridgehead atoms.